The number of carboxylic acids is 1. The van der Waals surface area contributed by atoms with Crippen molar-refractivity contribution in [3.8, 4) is 0 Å². The van der Waals surface area contributed by atoms with Crippen LogP contribution in [0.5, 0.6) is 0 Å². The molecule has 0 N–H and O–H groups in total. The average molecular weight is 410 g/mol. The number of phosphoric acid groups is 1. The van der Waals surface area contributed by atoms with Gasteiger partial charge in [-0.1, -0.05) is 32.1 Å². The number of hydrogen-bond donors (Lipinski definition) is 0. The molecule has 162 valence electrons. The number of nitrogens with zero attached hydrogens (tertiary/aromatic N) is 1. The van der Waals surface area contributed by atoms with E-state index < -0.39 is 13.8 Å². The third-order valence-electron chi connectivity index (χ3n) is 4.41. The van der Waals surface area contributed by atoms with Gasteiger partial charge in [-0.2, -0.15) is 0 Å². The Bertz CT molecular complexity index is 420. The highest BCUT2D eigenvalue weighted by Crippen LogP contribution is 2.49. The molecule has 0 aliphatic heterocycles. The molecule has 0 aromatic heterocycles. The van der Waals surface area contributed by atoms with E-state index in [1.807, 2.05) is 0 Å². The number of carbonyl (C=O) groups excluding carboxylic acids is 1. The fourth-order valence-electron chi connectivity index (χ4n) is 2.81. The van der Waals surface area contributed by atoms with Crippen molar-refractivity contribution in [1.29, 1.82) is 0 Å². The molecule has 7 nitrogen and oxygen atoms in total. The molecular weight excluding hydrogens is 369 g/mol. The van der Waals surface area contributed by atoms with Gasteiger partial charge < -0.3 is 14.4 Å². The summed E-state index contributed by atoms with van der Waals surface area (Å²) in [6.45, 7) is 6.27. The molecule has 27 heavy (non-hydrogen) atoms. The number of carboxylic acid groups (broad SMARTS) is 1. The van der Waals surface area contributed by atoms with E-state index in [1.165, 1.54) is 25.7 Å². The van der Waals surface area contributed by atoms with Gasteiger partial charge in [-0.25, -0.2) is 4.57 Å². The number of carbonyl (C=O) groups is 1. The van der Waals surface area contributed by atoms with Crippen LogP contribution in [-0.4, -0.2) is 57.5 Å². The maximum atomic E-state index is 12.3. The highest BCUT2D eigenvalue weighted by Gasteiger charge is 2.26. The van der Waals surface area contributed by atoms with Crippen LogP contribution in [0.2, 0.25) is 0 Å². The number of hydrogen-bond acceptors (Lipinski definition) is 6. The van der Waals surface area contributed by atoms with Crippen LogP contribution in [0.3, 0.4) is 0 Å². The first-order valence-corrected chi connectivity index (χ1v) is 11.8. The molecule has 0 aromatic carbocycles. The van der Waals surface area contributed by atoms with E-state index in [9.17, 15) is 14.5 Å². The van der Waals surface area contributed by atoms with E-state index in [4.69, 9.17) is 13.6 Å². The molecule has 0 aromatic rings. The quantitative estimate of drug-likeness (QED) is 0.184. The summed E-state index contributed by atoms with van der Waals surface area (Å²) in [7, 11) is 0.882. The Balaban J connectivity index is 3.73. The van der Waals surface area contributed by atoms with Gasteiger partial charge in [0, 0.05) is 5.97 Å². The zero-order valence-electron chi connectivity index (χ0n) is 17.7. The lowest BCUT2D eigenvalue weighted by Gasteiger charge is -2.30. The number of quaternary nitrogens is 1. The van der Waals surface area contributed by atoms with Crippen molar-refractivity contribution in [3.05, 3.63) is 0 Å². The molecule has 8 heteroatoms. The van der Waals surface area contributed by atoms with Gasteiger partial charge >= 0.3 is 7.82 Å². The van der Waals surface area contributed by atoms with Crippen LogP contribution in [0.25, 0.3) is 0 Å². The third kappa shape index (κ3) is 16.2. The SMILES string of the molecule is CCOP(=O)(OCC)OCC[N+](C)(C)CCCCCCCCCCC(=O)[O-]. The highest BCUT2D eigenvalue weighted by atomic mass is 31.2. The first kappa shape index (κ1) is 26.5. The van der Waals surface area contributed by atoms with Gasteiger partial charge in [0.05, 0.1) is 33.9 Å². The predicted molar refractivity (Wildman–Crippen MR) is 105 cm³/mol. The first-order valence-electron chi connectivity index (χ1n) is 10.3. The van der Waals surface area contributed by atoms with Crippen molar-refractivity contribution in [1.82, 2.24) is 0 Å². The minimum absolute atomic E-state index is 0.182. The smallest absolute Gasteiger partial charge is 0.474 e. The Hall–Kier alpha value is -0.460. The normalized spacial score (nSPS) is 12.4. The molecule has 0 heterocycles. The van der Waals surface area contributed by atoms with Crippen LogP contribution in [0.4, 0.5) is 0 Å². The number of phosphoric ester groups is 1. The summed E-state index contributed by atoms with van der Waals surface area (Å²) in [4.78, 5) is 10.3. The molecule has 0 radical (unpaired) electrons. The second-order valence-corrected chi connectivity index (χ2v) is 9.12. The minimum atomic E-state index is -3.41. The molecule has 0 rings (SSSR count). The predicted octanol–water partition coefficient (Wildman–Crippen LogP) is 3.52. The van der Waals surface area contributed by atoms with E-state index in [0.717, 1.165) is 43.3 Å². The fraction of sp³-hybridized carbons (Fsp3) is 0.947. The highest BCUT2D eigenvalue weighted by molar-refractivity contribution is 7.48. The van der Waals surface area contributed by atoms with Crippen LogP contribution in [-0.2, 0) is 22.9 Å². The maximum Gasteiger partial charge on any atom is 0.474 e. The van der Waals surface area contributed by atoms with Gasteiger partial charge in [0.2, 0.25) is 0 Å². The fourth-order valence-corrected chi connectivity index (χ4v) is 3.97. The summed E-state index contributed by atoms with van der Waals surface area (Å²) in [6, 6.07) is 0. The summed E-state index contributed by atoms with van der Waals surface area (Å²) in [5, 5.41) is 10.3. The van der Waals surface area contributed by atoms with Gasteiger partial charge in [-0.15, -0.1) is 0 Å². The molecule has 0 aliphatic carbocycles. The Morgan fingerprint density at radius 1 is 0.815 bits per heavy atom. The van der Waals surface area contributed by atoms with E-state index in [-0.39, 0.29) is 6.42 Å². The lowest BCUT2D eigenvalue weighted by atomic mass is 10.1. The van der Waals surface area contributed by atoms with Crippen molar-refractivity contribution >= 4 is 13.8 Å². The molecule has 0 amide bonds. The molecular formula is C19H40NO6P. The lowest BCUT2D eigenvalue weighted by molar-refractivity contribution is -0.890. The van der Waals surface area contributed by atoms with Gasteiger partial charge in [-0.05, 0) is 39.5 Å². The van der Waals surface area contributed by atoms with Gasteiger partial charge in [-0.3, -0.25) is 13.6 Å². The van der Waals surface area contributed by atoms with E-state index in [0.29, 0.717) is 19.8 Å². The van der Waals surface area contributed by atoms with E-state index in [2.05, 4.69) is 14.1 Å². The van der Waals surface area contributed by atoms with Crippen molar-refractivity contribution in [2.24, 2.45) is 0 Å². The third-order valence-corrected chi connectivity index (χ3v) is 6.06. The number of aliphatic carboxylic acids is 1. The summed E-state index contributed by atoms with van der Waals surface area (Å²) in [5.74, 6) is -0.945. The molecule has 0 saturated carbocycles. The molecule has 0 bridgehead atoms. The summed E-state index contributed by atoms with van der Waals surface area (Å²) in [5.41, 5.74) is 0. The van der Waals surface area contributed by atoms with Gasteiger partial charge in [0.15, 0.2) is 0 Å². The average Bonchev–Trinajstić information content (AvgIpc) is 2.56. The number of unbranched alkanes of at least 4 members (excludes halogenated alkanes) is 7. The molecule has 0 atom stereocenters. The topological polar surface area (TPSA) is 84.9 Å². The second kappa shape index (κ2) is 15.5. The van der Waals surface area contributed by atoms with E-state index in [1.54, 1.807) is 13.8 Å². The maximum absolute atomic E-state index is 12.3. The largest absolute Gasteiger partial charge is 0.550 e. The summed E-state index contributed by atoms with van der Waals surface area (Å²) < 4.78 is 28.7. The van der Waals surface area contributed by atoms with Crippen molar-refractivity contribution in [3.63, 3.8) is 0 Å². The van der Waals surface area contributed by atoms with Crippen molar-refractivity contribution in [2.45, 2.75) is 71.6 Å². The molecule has 0 aliphatic rings. The van der Waals surface area contributed by atoms with Gasteiger partial charge in [0.1, 0.15) is 13.2 Å². The van der Waals surface area contributed by atoms with Gasteiger partial charge in [0.25, 0.3) is 0 Å². The second-order valence-electron chi connectivity index (χ2n) is 7.45. The van der Waals surface area contributed by atoms with Crippen molar-refractivity contribution < 1.29 is 32.5 Å². The first-order chi connectivity index (χ1) is 12.7. The molecule has 0 unspecified atom stereocenters. The van der Waals surface area contributed by atoms with Crippen LogP contribution < -0.4 is 5.11 Å². The Labute approximate surface area is 165 Å². The zero-order valence-corrected chi connectivity index (χ0v) is 18.6. The monoisotopic (exact) mass is 409 g/mol. The minimum Gasteiger partial charge on any atom is -0.550 e. The lowest BCUT2D eigenvalue weighted by Crippen LogP contribution is -2.43. The van der Waals surface area contributed by atoms with Crippen LogP contribution in [0.15, 0.2) is 0 Å². The number of likely N-dealkylation sites (N-methyl/N-ethyl adjacent to an activating group) is 1. The number of rotatable bonds is 19. The zero-order chi connectivity index (χ0) is 20.6. The van der Waals surface area contributed by atoms with Crippen molar-refractivity contribution in [2.75, 3.05) is 47.0 Å². The Morgan fingerprint density at radius 3 is 1.78 bits per heavy atom. The summed E-state index contributed by atoms with van der Waals surface area (Å²) in [6.07, 6.45) is 8.91. The van der Waals surface area contributed by atoms with Crippen LogP contribution in [0, 0.1) is 0 Å². The molecule has 0 saturated heterocycles. The molecule has 0 spiro atoms. The summed E-state index contributed by atoms with van der Waals surface area (Å²) >= 11 is 0. The Morgan fingerprint density at radius 2 is 1.30 bits per heavy atom. The van der Waals surface area contributed by atoms with E-state index >= 15 is 0 Å². The van der Waals surface area contributed by atoms with Crippen LogP contribution >= 0.6 is 7.82 Å². The van der Waals surface area contributed by atoms with Crippen LogP contribution in [0.1, 0.15) is 71.6 Å². The molecule has 0 fully saturated rings. The Kier molecular flexibility index (Phi) is 15.2. The standard InChI is InChI=1S/C19H40NO6P/c1-5-24-27(23,25-6-2)26-18-17-20(3,4)16-14-12-10-8-7-9-11-13-15-19(21)22/h5-18H2,1-4H3.